The van der Waals surface area contributed by atoms with Gasteiger partial charge in [-0.2, -0.15) is 5.26 Å². The van der Waals surface area contributed by atoms with Crippen molar-refractivity contribution in [3.63, 3.8) is 0 Å². The number of aromatic nitrogens is 2. The minimum Gasteiger partial charge on any atom is -0.456 e. The normalized spacial score (nSPS) is 13.3. The second kappa shape index (κ2) is 11.1. The van der Waals surface area contributed by atoms with Crippen molar-refractivity contribution in [2.45, 2.75) is 19.3 Å². The molecule has 4 heteroatoms. The first-order valence-corrected chi connectivity index (χ1v) is 19.2. The number of fused-ring (bicyclic) bond motifs is 14. The van der Waals surface area contributed by atoms with Crippen LogP contribution in [0.2, 0.25) is 0 Å². The summed E-state index contributed by atoms with van der Waals surface area (Å²) in [5, 5.41) is 17.7. The van der Waals surface area contributed by atoms with E-state index in [4.69, 9.17) is 4.42 Å². The number of furan rings is 1. The molecule has 4 nitrogen and oxygen atoms in total. The van der Waals surface area contributed by atoms with Gasteiger partial charge in [0.05, 0.1) is 44.8 Å². The van der Waals surface area contributed by atoms with Crippen LogP contribution in [-0.4, -0.2) is 9.13 Å². The van der Waals surface area contributed by atoms with Gasteiger partial charge in [0.25, 0.3) is 0 Å². The van der Waals surface area contributed by atoms with Gasteiger partial charge in [0.2, 0.25) is 0 Å². The SMILES string of the molecule is CC1(C)c2ccccc2-c2c1ccc1c3ccccc3n(-c3cccc(C#N)c3-c3ccc(-n4c5ccccc5c5ccc6oc7ccccc7c6c54)cc3)c21. The molecule has 262 valence electrons. The first-order valence-electron chi connectivity index (χ1n) is 19.2. The van der Waals surface area contributed by atoms with Crippen LogP contribution in [0, 0.1) is 11.3 Å². The summed E-state index contributed by atoms with van der Waals surface area (Å²) in [6.07, 6.45) is 0. The van der Waals surface area contributed by atoms with Crippen molar-refractivity contribution in [2.24, 2.45) is 0 Å². The van der Waals surface area contributed by atoms with E-state index in [2.05, 4.69) is 169 Å². The fraction of sp³-hybridized carbons (Fsp3) is 0.0577. The summed E-state index contributed by atoms with van der Waals surface area (Å²) in [7, 11) is 0. The van der Waals surface area contributed by atoms with Gasteiger partial charge in [-0.05, 0) is 76.9 Å². The first kappa shape index (κ1) is 31.0. The Hall–Kier alpha value is -7.35. The molecule has 0 N–H and O–H groups in total. The van der Waals surface area contributed by atoms with Crippen LogP contribution >= 0.6 is 0 Å². The molecule has 1 aliphatic carbocycles. The molecule has 0 aliphatic heterocycles. The fourth-order valence-corrected chi connectivity index (χ4v) is 9.93. The van der Waals surface area contributed by atoms with Gasteiger partial charge >= 0.3 is 0 Å². The summed E-state index contributed by atoms with van der Waals surface area (Å²) < 4.78 is 11.2. The molecule has 0 spiro atoms. The monoisotopic (exact) mass is 715 g/mol. The smallest absolute Gasteiger partial charge is 0.137 e. The molecule has 0 bridgehead atoms. The Balaban J connectivity index is 1.12. The second-order valence-electron chi connectivity index (χ2n) is 15.6. The third-order valence-corrected chi connectivity index (χ3v) is 12.4. The molecule has 0 saturated carbocycles. The Bertz CT molecular complexity index is 3510. The maximum Gasteiger partial charge on any atom is 0.137 e. The number of hydrogen-bond acceptors (Lipinski definition) is 2. The summed E-state index contributed by atoms with van der Waals surface area (Å²) in [5.41, 5.74) is 15.9. The van der Waals surface area contributed by atoms with E-state index in [1.165, 1.54) is 49.3 Å². The molecule has 56 heavy (non-hydrogen) atoms. The molecule has 12 rings (SSSR count). The van der Waals surface area contributed by atoms with Gasteiger partial charge in [-0.25, -0.2) is 0 Å². The van der Waals surface area contributed by atoms with Crippen molar-refractivity contribution in [3.05, 3.63) is 180 Å². The quantitative estimate of drug-likeness (QED) is 0.183. The van der Waals surface area contributed by atoms with Gasteiger partial charge in [-0.3, -0.25) is 0 Å². The second-order valence-corrected chi connectivity index (χ2v) is 15.6. The number of para-hydroxylation sites is 3. The number of nitriles is 1. The van der Waals surface area contributed by atoms with Crippen molar-refractivity contribution < 1.29 is 4.42 Å². The molecule has 0 saturated heterocycles. The third-order valence-electron chi connectivity index (χ3n) is 12.4. The lowest BCUT2D eigenvalue weighted by molar-refractivity contribution is 0.661. The Morgan fingerprint density at radius 1 is 0.500 bits per heavy atom. The topological polar surface area (TPSA) is 46.8 Å². The Morgan fingerprint density at radius 2 is 1.16 bits per heavy atom. The van der Waals surface area contributed by atoms with E-state index in [1.54, 1.807) is 0 Å². The predicted molar refractivity (Wildman–Crippen MR) is 230 cm³/mol. The molecule has 0 unspecified atom stereocenters. The highest BCUT2D eigenvalue weighted by molar-refractivity contribution is 6.24. The molecule has 1 aliphatic rings. The van der Waals surface area contributed by atoms with Gasteiger partial charge in [0.1, 0.15) is 11.2 Å². The van der Waals surface area contributed by atoms with Crippen molar-refractivity contribution in [1.29, 1.82) is 5.26 Å². The standard InChI is InChI=1S/C52H33N3O/c1-52(2)40-17-7-3-15-38(40)48-41(52)28-26-36-35-14-5-9-19-43(35)55(50(36)48)44-20-11-12-32(30-53)47(44)31-22-24-33(25-23-31)54-42-18-8-4-13-34(42)37-27-29-46-49(51(37)54)39-16-6-10-21-45(39)56-46/h3-29H,1-2H3. The van der Waals surface area contributed by atoms with Crippen LogP contribution in [0.15, 0.2) is 168 Å². The average Bonchev–Trinajstić information content (AvgIpc) is 3.96. The largest absolute Gasteiger partial charge is 0.456 e. The van der Waals surface area contributed by atoms with Crippen molar-refractivity contribution in [2.75, 3.05) is 0 Å². The molecule has 0 amide bonds. The van der Waals surface area contributed by atoms with Gasteiger partial charge in [0, 0.05) is 49.2 Å². The summed E-state index contributed by atoms with van der Waals surface area (Å²) in [6, 6.07) is 60.8. The summed E-state index contributed by atoms with van der Waals surface area (Å²) in [6.45, 7) is 4.66. The molecule has 11 aromatic rings. The molecular weight excluding hydrogens is 683 g/mol. The zero-order valence-corrected chi connectivity index (χ0v) is 30.8. The molecule has 0 fully saturated rings. The van der Waals surface area contributed by atoms with Crippen molar-refractivity contribution >= 4 is 65.6 Å². The maximum absolute atomic E-state index is 10.7. The van der Waals surface area contributed by atoms with Crippen LogP contribution in [0.1, 0.15) is 30.5 Å². The van der Waals surface area contributed by atoms with Crippen LogP contribution in [0.25, 0.3) is 99.2 Å². The maximum atomic E-state index is 10.7. The molecule has 0 atom stereocenters. The highest BCUT2D eigenvalue weighted by Gasteiger charge is 2.37. The molecular formula is C52H33N3O. The minimum absolute atomic E-state index is 0.143. The van der Waals surface area contributed by atoms with E-state index < -0.39 is 0 Å². The average molecular weight is 716 g/mol. The van der Waals surface area contributed by atoms with E-state index >= 15 is 0 Å². The molecule has 8 aromatic carbocycles. The van der Waals surface area contributed by atoms with E-state index in [0.717, 1.165) is 61.0 Å². The Morgan fingerprint density at radius 3 is 1.95 bits per heavy atom. The molecule has 3 aromatic heterocycles. The fourth-order valence-electron chi connectivity index (χ4n) is 9.93. The van der Waals surface area contributed by atoms with Gasteiger partial charge < -0.3 is 13.6 Å². The van der Waals surface area contributed by atoms with Crippen molar-refractivity contribution in [3.8, 4) is 39.7 Å². The van der Waals surface area contributed by atoms with E-state index in [-0.39, 0.29) is 5.41 Å². The van der Waals surface area contributed by atoms with Crippen LogP contribution in [-0.2, 0) is 5.41 Å². The summed E-state index contributed by atoms with van der Waals surface area (Å²) in [5.74, 6) is 0. The highest BCUT2D eigenvalue weighted by atomic mass is 16.3. The lowest BCUT2D eigenvalue weighted by atomic mass is 9.82. The van der Waals surface area contributed by atoms with E-state index in [0.29, 0.717) is 5.56 Å². The zero-order chi connectivity index (χ0) is 37.3. The van der Waals surface area contributed by atoms with Crippen LogP contribution in [0.4, 0.5) is 0 Å². The summed E-state index contributed by atoms with van der Waals surface area (Å²) >= 11 is 0. The zero-order valence-electron chi connectivity index (χ0n) is 30.8. The number of rotatable bonds is 3. The van der Waals surface area contributed by atoms with E-state index in [1.807, 2.05) is 24.3 Å². The molecule has 0 radical (unpaired) electrons. The van der Waals surface area contributed by atoms with Gasteiger partial charge in [-0.1, -0.05) is 123 Å². The lowest BCUT2D eigenvalue weighted by Gasteiger charge is -2.21. The van der Waals surface area contributed by atoms with Crippen LogP contribution in [0.3, 0.4) is 0 Å². The molecule has 3 heterocycles. The number of benzene rings is 8. The van der Waals surface area contributed by atoms with Crippen LogP contribution in [0.5, 0.6) is 0 Å². The summed E-state index contributed by atoms with van der Waals surface area (Å²) in [4.78, 5) is 0. The van der Waals surface area contributed by atoms with E-state index in [9.17, 15) is 5.26 Å². The van der Waals surface area contributed by atoms with Gasteiger partial charge in [0.15, 0.2) is 0 Å². The Kier molecular flexibility index (Phi) is 6.15. The number of nitrogens with zero attached hydrogens (tertiary/aromatic N) is 3. The number of hydrogen-bond donors (Lipinski definition) is 0. The predicted octanol–water partition coefficient (Wildman–Crippen LogP) is 13.6. The third kappa shape index (κ3) is 3.96. The minimum atomic E-state index is -0.143. The van der Waals surface area contributed by atoms with Gasteiger partial charge in [-0.15, -0.1) is 0 Å². The van der Waals surface area contributed by atoms with Crippen molar-refractivity contribution in [1.82, 2.24) is 9.13 Å². The first-order chi connectivity index (χ1) is 27.5. The van der Waals surface area contributed by atoms with Crippen LogP contribution < -0.4 is 0 Å². The highest BCUT2D eigenvalue weighted by Crippen LogP contribution is 2.53. The Labute approximate surface area is 322 Å². The lowest BCUT2D eigenvalue weighted by Crippen LogP contribution is -2.14.